The predicted octanol–water partition coefficient (Wildman–Crippen LogP) is 6.22. The molecule has 2 aromatic carbocycles. The van der Waals surface area contributed by atoms with Crippen LogP contribution in [-0.4, -0.2) is 50.0 Å². The molecule has 2 amide bonds. The van der Waals surface area contributed by atoms with Crippen molar-refractivity contribution < 1.29 is 14.3 Å². The van der Waals surface area contributed by atoms with Crippen LogP contribution in [0.3, 0.4) is 0 Å². The Morgan fingerprint density at radius 2 is 1.76 bits per heavy atom. The van der Waals surface area contributed by atoms with Crippen molar-refractivity contribution in [2.75, 3.05) is 43.5 Å². The monoisotopic (exact) mass is 611 g/mol. The van der Waals surface area contributed by atoms with Gasteiger partial charge in [0.25, 0.3) is 0 Å². The van der Waals surface area contributed by atoms with Gasteiger partial charge in [-0.25, -0.2) is 0 Å². The van der Waals surface area contributed by atoms with Crippen molar-refractivity contribution >= 4 is 72.7 Å². The first-order valence-electron chi connectivity index (χ1n) is 10.9. The largest absolute Gasteiger partial charge is 0.495 e. The fourth-order valence-electron chi connectivity index (χ4n) is 3.73. The lowest BCUT2D eigenvalue weighted by Crippen LogP contribution is -2.51. The third-order valence-electron chi connectivity index (χ3n) is 5.42. The summed E-state index contributed by atoms with van der Waals surface area (Å²) in [7, 11) is 1.58. The Labute approximate surface area is 222 Å². The Morgan fingerprint density at radius 3 is 2.35 bits per heavy atom. The Balaban J connectivity index is 1.63. The molecule has 6 nitrogen and oxygen atoms in total. The normalized spacial score (nSPS) is 14.4. The molecule has 1 aliphatic heterocycles. The summed E-state index contributed by atoms with van der Waals surface area (Å²) in [5, 5.41) is 3.39. The van der Waals surface area contributed by atoms with E-state index in [9.17, 15) is 9.59 Å². The molecule has 0 aromatic heterocycles. The van der Waals surface area contributed by atoms with Crippen LogP contribution in [0, 0.1) is 5.41 Å². The van der Waals surface area contributed by atoms with Crippen molar-refractivity contribution in [2.45, 2.75) is 20.8 Å². The highest BCUT2D eigenvalue weighted by atomic mass is 79.9. The highest BCUT2D eigenvalue weighted by Crippen LogP contribution is 2.34. The van der Waals surface area contributed by atoms with Crippen LogP contribution in [0.2, 0.25) is 5.02 Å². The molecule has 1 fully saturated rings. The molecule has 9 heteroatoms. The number of halogens is 3. The maximum atomic E-state index is 12.5. The second-order valence-corrected chi connectivity index (χ2v) is 11.2. The van der Waals surface area contributed by atoms with Crippen molar-refractivity contribution in [3.8, 4) is 5.75 Å². The van der Waals surface area contributed by atoms with Crippen LogP contribution in [0.1, 0.15) is 26.3 Å². The second-order valence-electron chi connectivity index (χ2n) is 9.03. The number of hydrogen-bond donors (Lipinski definition) is 1. The van der Waals surface area contributed by atoms with Crippen LogP contribution < -0.4 is 15.0 Å². The number of nitrogens with one attached hydrogen (secondary N) is 1. The van der Waals surface area contributed by atoms with E-state index in [-0.39, 0.29) is 17.2 Å². The number of amides is 2. The van der Waals surface area contributed by atoms with Crippen LogP contribution in [0.5, 0.6) is 5.75 Å². The van der Waals surface area contributed by atoms with Gasteiger partial charge >= 0.3 is 0 Å². The van der Waals surface area contributed by atoms with E-state index >= 15 is 0 Å². The number of rotatable bonds is 5. The lowest BCUT2D eigenvalue weighted by molar-refractivity contribution is -0.139. The number of benzene rings is 2. The summed E-state index contributed by atoms with van der Waals surface area (Å²) in [6.07, 6.45) is 3.14. The van der Waals surface area contributed by atoms with E-state index in [1.54, 1.807) is 19.3 Å². The first kappa shape index (κ1) is 26.6. The minimum Gasteiger partial charge on any atom is -0.495 e. The van der Waals surface area contributed by atoms with E-state index in [2.05, 4.69) is 42.1 Å². The van der Waals surface area contributed by atoms with E-state index in [4.69, 9.17) is 16.3 Å². The molecule has 182 valence electrons. The van der Waals surface area contributed by atoms with Gasteiger partial charge in [0.15, 0.2) is 0 Å². The molecule has 1 heterocycles. The molecule has 34 heavy (non-hydrogen) atoms. The standard InChI is InChI=1S/C25H28Br2ClN3O3/c1-25(2,3)24(33)31-11-9-30(10-12-31)21-7-6-18(15-20(21)28)29-22(32)8-5-16-13-17(26)14-19(27)23(16)34-4/h5-8,13-15H,9-12H2,1-4H3,(H,29,32)/b8-5+. The maximum Gasteiger partial charge on any atom is 0.248 e. The van der Waals surface area contributed by atoms with Gasteiger partial charge in [0, 0.05) is 53.4 Å². The molecule has 1 N–H and O–H groups in total. The number of methoxy groups -OCH3 is 1. The molecule has 0 saturated carbocycles. The van der Waals surface area contributed by atoms with Gasteiger partial charge in [0.05, 0.1) is 22.3 Å². The zero-order valence-corrected chi connectivity index (χ0v) is 23.6. The number of carbonyl (C=O) groups is 2. The quantitative estimate of drug-likeness (QED) is 0.407. The molecule has 1 aliphatic rings. The maximum absolute atomic E-state index is 12.5. The fraction of sp³-hybridized carbons (Fsp3) is 0.360. The predicted molar refractivity (Wildman–Crippen MR) is 146 cm³/mol. The van der Waals surface area contributed by atoms with Crippen LogP contribution in [0.4, 0.5) is 11.4 Å². The molecular weight excluding hydrogens is 586 g/mol. The van der Waals surface area contributed by atoms with E-state index in [0.717, 1.165) is 20.2 Å². The summed E-state index contributed by atoms with van der Waals surface area (Å²) in [5.41, 5.74) is 1.87. The molecule has 2 aromatic rings. The topological polar surface area (TPSA) is 61.9 Å². The smallest absolute Gasteiger partial charge is 0.248 e. The van der Waals surface area contributed by atoms with Crippen molar-refractivity contribution in [2.24, 2.45) is 5.41 Å². The molecule has 0 bridgehead atoms. The van der Waals surface area contributed by atoms with E-state index in [0.29, 0.717) is 42.6 Å². The van der Waals surface area contributed by atoms with E-state index in [1.807, 2.05) is 49.9 Å². The Kier molecular flexibility index (Phi) is 8.71. The van der Waals surface area contributed by atoms with Gasteiger partial charge in [-0.3, -0.25) is 9.59 Å². The highest BCUT2D eigenvalue weighted by Gasteiger charge is 2.30. The van der Waals surface area contributed by atoms with Gasteiger partial charge in [0.1, 0.15) is 5.75 Å². The first-order valence-corrected chi connectivity index (χ1v) is 12.8. The van der Waals surface area contributed by atoms with Crippen LogP contribution in [0.25, 0.3) is 6.08 Å². The Bertz CT molecular complexity index is 1110. The summed E-state index contributed by atoms with van der Waals surface area (Å²) < 4.78 is 7.06. The van der Waals surface area contributed by atoms with Gasteiger partial charge in [0.2, 0.25) is 11.8 Å². The average Bonchev–Trinajstić information content (AvgIpc) is 2.76. The first-order chi connectivity index (χ1) is 16.0. The number of nitrogens with zero attached hydrogens (tertiary/aromatic N) is 2. The molecule has 0 aliphatic carbocycles. The fourth-order valence-corrected chi connectivity index (χ4v) is 5.45. The highest BCUT2D eigenvalue weighted by molar-refractivity contribution is 9.11. The van der Waals surface area contributed by atoms with Crippen molar-refractivity contribution in [3.05, 3.63) is 55.9 Å². The average molecular weight is 614 g/mol. The summed E-state index contributed by atoms with van der Waals surface area (Å²) in [6.45, 7) is 8.55. The summed E-state index contributed by atoms with van der Waals surface area (Å²) in [5.74, 6) is 0.525. The van der Waals surface area contributed by atoms with Crippen LogP contribution in [0.15, 0.2) is 45.4 Å². The molecule has 0 spiro atoms. The Morgan fingerprint density at radius 1 is 1.09 bits per heavy atom. The molecule has 0 unspecified atom stereocenters. The van der Waals surface area contributed by atoms with Crippen molar-refractivity contribution in [1.29, 1.82) is 0 Å². The zero-order valence-electron chi connectivity index (χ0n) is 19.6. The molecule has 3 rings (SSSR count). The molecular formula is C25H28Br2ClN3O3. The lowest BCUT2D eigenvalue weighted by Gasteiger charge is -2.39. The lowest BCUT2D eigenvalue weighted by atomic mass is 9.94. The number of piperazine rings is 1. The number of carbonyl (C=O) groups excluding carboxylic acids is 2. The molecule has 0 radical (unpaired) electrons. The summed E-state index contributed by atoms with van der Waals surface area (Å²) in [6, 6.07) is 9.22. The molecule has 0 atom stereocenters. The van der Waals surface area contributed by atoms with Crippen molar-refractivity contribution in [1.82, 2.24) is 4.90 Å². The second kappa shape index (κ2) is 11.1. The minimum atomic E-state index is -0.382. The Hall–Kier alpha value is -2.03. The van der Waals surface area contributed by atoms with Crippen molar-refractivity contribution in [3.63, 3.8) is 0 Å². The van der Waals surface area contributed by atoms with Crippen LogP contribution >= 0.6 is 43.5 Å². The molecule has 1 saturated heterocycles. The number of hydrogen-bond acceptors (Lipinski definition) is 4. The van der Waals surface area contributed by atoms with E-state index in [1.165, 1.54) is 6.08 Å². The SMILES string of the molecule is COc1c(Br)cc(Br)cc1/C=C/C(=O)Nc1ccc(N2CCN(C(=O)C(C)(C)C)CC2)c(Cl)c1. The summed E-state index contributed by atoms with van der Waals surface area (Å²) in [4.78, 5) is 29.1. The number of ether oxygens (including phenoxy) is 1. The third kappa shape index (κ3) is 6.55. The third-order valence-corrected chi connectivity index (χ3v) is 6.77. The van der Waals surface area contributed by atoms with Gasteiger partial charge in [-0.2, -0.15) is 0 Å². The van der Waals surface area contributed by atoms with Gasteiger partial charge < -0.3 is 19.9 Å². The van der Waals surface area contributed by atoms with Gasteiger partial charge in [-0.1, -0.05) is 48.3 Å². The van der Waals surface area contributed by atoms with Gasteiger partial charge in [-0.05, 0) is 52.3 Å². The minimum absolute atomic E-state index is 0.164. The van der Waals surface area contributed by atoms with E-state index < -0.39 is 0 Å². The van der Waals surface area contributed by atoms with Crippen LogP contribution in [-0.2, 0) is 9.59 Å². The zero-order chi connectivity index (χ0) is 25.0. The number of anilines is 2. The van der Waals surface area contributed by atoms with Gasteiger partial charge in [-0.15, -0.1) is 0 Å². The summed E-state index contributed by atoms with van der Waals surface area (Å²) >= 11 is 13.4.